The van der Waals surface area contributed by atoms with Crippen LogP contribution in [-0.2, 0) is 12.8 Å². The first-order valence-corrected chi connectivity index (χ1v) is 7.40. The minimum Gasteiger partial charge on any atom is -0.493 e. The van der Waals surface area contributed by atoms with Crippen LogP contribution in [0.1, 0.15) is 21.7 Å². The summed E-state index contributed by atoms with van der Waals surface area (Å²) >= 11 is 1.69. The summed E-state index contributed by atoms with van der Waals surface area (Å²) in [4.78, 5) is 5.55. The van der Waals surface area contributed by atoms with E-state index in [0.29, 0.717) is 13.2 Å². The molecule has 0 saturated carbocycles. The fourth-order valence-corrected chi connectivity index (χ4v) is 2.78. The summed E-state index contributed by atoms with van der Waals surface area (Å²) in [7, 11) is 0. The van der Waals surface area contributed by atoms with Gasteiger partial charge in [-0.3, -0.25) is 0 Å². The molecule has 0 aliphatic rings. The summed E-state index contributed by atoms with van der Waals surface area (Å²) in [6.07, 6.45) is 1.77. The lowest BCUT2D eigenvalue weighted by atomic mass is 10.1. The third kappa shape index (κ3) is 3.78. The zero-order valence-electron chi connectivity index (χ0n) is 11.5. The maximum absolute atomic E-state index is 5.90. The van der Waals surface area contributed by atoms with Crippen molar-refractivity contribution in [3.05, 3.63) is 45.4 Å². The van der Waals surface area contributed by atoms with Crippen molar-refractivity contribution in [1.29, 1.82) is 0 Å². The van der Waals surface area contributed by atoms with E-state index in [-0.39, 0.29) is 0 Å². The Bertz CT molecular complexity index is 537. The number of nitrogens with zero attached hydrogens (tertiary/aromatic N) is 1. The highest BCUT2D eigenvalue weighted by Gasteiger charge is 2.05. The second-order valence-corrected chi connectivity index (χ2v) is 5.55. The summed E-state index contributed by atoms with van der Waals surface area (Å²) in [5.74, 6) is 0.957. The van der Waals surface area contributed by atoms with Crippen molar-refractivity contribution in [2.24, 2.45) is 5.73 Å². The summed E-state index contributed by atoms with van der Waals surface area (Å²) in [6.45, 7) is 5.46. The van der Waals surface area contributed by atoms with Crippen molar-refractivity contribution in [2.45, 2.75) is 26.7 Å². The maximum atomic E-state index is 5.90. The first-order valence-electron chi connectivity index (χ1n) is 6.52. The fraction of sp³-hybridized carbons (Fsp3) is 0.400. The third-order valence-corrected chi connectivity index (χ3v) is 4.06. The van der Waals surface area contributed by atoms with Gasteiger partial charge in [-0.05, 0) is 38.4 Å². The van der Waals surface area contributed by atoms with E-state index in [2.05, 4.69) is 24.0 Å². The minimum atomic E-state index is 0.647. The lowest BCUT2D eigenvalue weighted by molar-refractivity contribution is 0.319. The Morgan fingerprint density at radius 1 is 1.26 bits per heavy atom. The smallest absolute Gasteiger partial charge is 0.122 e. The van der Waals surface area contributed by atoms with Crippen molar-refractivity contribution in [1.82, 2.24) is 4.98 Å². The summed E-state index contributed by atoms with van der Waals surface area (Å²) in [5, 5.41) is 0. The Morgan fingerprint density at radius 3 is 2.79 bits per heavy atom. The second kappa shape index (κ2) is 6.68. The zero-order valence-corrected chi connectivity index (χ0v) is 12.3. The number of aromatic nitrogens is 1. The lowest BCUT2D eigenvalue weighted by Crippen LogP contribution is -2.07. The topological polar surface area (TPSA) is 48.1 Å². The van der Waals surface area contributed by atoms with E-state index in [9.17, 15) is 0 Å². The first-order chi connectivity index (χ1) is 9.20. The molecule has 0 fully saturated rings. The first kappa shape index (κ1) is 14.0. The summed E-state index contributed by atoms with van der Waals surface area (Å²) < 4.78 is 5.90. The SMILES string of the molecule is Cc1ccc(OCCc2scnc2C)c(CCN)c1. The van der Waals surface area contributed by atoms with Crippen molar-refractivity contribution in [3.8, 4) is 5.75 Å². The number of hydrogen-bond donors (Lipinski definition) is 1. The second-order valence-electron chi connectivity index (χ2n) is 4.61. The third-order valence-electron chi connectivity index (χ3n) is 3.06. The van der Waals surface area contributed by atoms with Gasteiger partial charge in [-0.15, -0.1) is 11.3 Å². The molecule has 0 spiro atoms. The zero-order chi connectivity index (χ0) is 13.7. The van der Waals surface area contributed by atoms with Gasteiger partial charge in [0.25, 0.3) is 0 Å². The van der Waals surface area contributed by atoms with Gasteiger partial charge in [-0.2, -0.15) is 0 Å². The number of rotatable bonds is 6. The van der Waals surface area contributed by atoms with E-state index in [1.165, 1.54) is 16.0 Å². The highest BCUT2D eigenvalue weighted by atomic mass is 32.1. The number of ether oxygens (including phenoxy) is 1. The van der Waals surface area contributed by atoms with Crippen molar-refractivity contribution in [3.63, 3.8) is 0 Å². The fourth-order valence-electron chi connectivity index (χ4n) is 2.02. The molecule has 0 aliphatic carbocycles. The molecule has 19 heavy (non-hydrogen) atoms. The van der Waals surface area contributed by atoms with Crippen LogP contribution in [0.4, 0.5) is 0 Å². The number of thiazole rings is 1. The molecule has 2 rings (SSSR count). The van der Waals surface area contributed by atoms with E-state index in [0.717, 1.165) is 24.3 Å². The standard InChI is InChI=1S/C15H20N2OS/c1-11-3-4-14(13(9-11)5-7-16)18-8-6-15-12(2)17-10-19-15/h3-4,9-10H,5-8,16H2,1-2H3. The van der Waals surface area contributed by atoms with Crippen molar-refractivity contribution < 1.29 is 4.74 Å². The van der Waals surface area contributed by atoms with E-state index >= 15 is 0 Å². The van der Waals surface area contributed by atoms with E-state index in [4.69, 9.17) is 10.5 Å². The van der Waals surface area contributed by atoms with Gasteiger partial charge in [0.15, 0.2) is 0 Å². The highest BCUT2D eigenvalue weighted by molar-refractivity contribution is 7.09. The van der Waals surface area contributed by atoms with Crippen LogP contribution < -0.4 is 10.5 Å². The van der Waals surface area contributed by atoms with Crippen molar-refractivity contribution in [2.75, 3.05) is 13.2 Å². The molecule has 0 bridgehead atoms. The van der Waals surface area contributed by atoms with Crippen LogP contribution in [0, 0.1) is 13.8 Å². The molecule has 0 aliphatic heterocycles. The molecule has 1 aromatic carbocycles. The summed E-state index contributed by atoms with van der Waals surface area (Å²) in [5.41, 5.74) is 11.1. The van der Waals surface area contributed by atoms with Crippen LogP contribution in [0.5, 0.6) is 5.75 Å². The van der Waals surface area contributed by atoms with Gasteiger partial charge in [-0.25, -0.2) is 4.98 Å². The molecule has 2 aromatic rings. The van der Waals surface area contributed by atoms with Crippen LogP contribution in [0.3, 0.4) is 0 Å². The number of hydrogen-bond acceptors (Lipinski definition) is 4. The Hall–Kier alpha value is -1.39. The largest absolute Gasteiger partial charge is 0.493 e. The molecule has 1 aromatic heterocycles. The van der Waals surface area contributed by atoms with Gasteiger partial charge < -0.3 is 10.5 Å². The maximum Gasteiger partial charge on any atom is 0.122 e. The average molecular weight is 276 g/mol. The van der Waals surface area contributed by atoms with Gasteiger partial charge >= 0.3 is 0 Å². The summed E-state index contributed by atoms with van der Waals surface area (Å²) in [6, 6.07) is 6.27. The Labute approximate surface area is 118 Å². The molecule has 1 heterocycles. The predicted molar refractivity (Wildman–Crippen MR) is 80.0 cm³/mol. The Kier molecular flexibility index (Phi) is 4.93. The van der Waals surface area contributed by atoms with E-state index < -0.39 is 0 Å². The number of benzene rings is 1. The molecule has 0 amide bonds. The Balaban J connectivity index is 1.97. The predicted octanol–water partition coefficient (Wildman–Crippen LogP) is 2.88. The quantitative estimate of drug-likeness (QED) is 0.882. The van der Waals surface area contributed by atoms with Crippen LogP contribution in [0.15, 0.2) is 23.7 Å². The van der Waals surface area contributed by atoms with E-state index in [1.54, 1.807) is 11.3 Å². The molecule has 3 nitrogen and oxygen atoms in total. The normalized spacial score (nSPS) is 10.7. The van der Waals surface area contributed by atoms with Crippen LogP contribution in [0.25, 0.3) is 0 Å². The average Bonchev–Trinajstić information content (AvgIpc) is 2.78. The number of nitrogens with two attached hydrogens (primary N) is 1. The number of aryl methyl sites for hydroxylation is 2. The van der Waals surface area contributed by atoms with Gasteiger partial charge in [0.05, 0.1) is 17.8 Å². The van der Waals surface area contributed by atoms with Gasteiger partial charge in [0.1, 0.15) is 5.75 Å². The minimum absolute atomic E-state index is 0.647. The van der Waals surface area contributed by atoms with Crippen LogP contribution >= 0.6 is 11.3 Å². The van der Waals surface area contributed by atoms with Crippen molar-refractivity contribution >= 4 is 11.3 Å². The molecule has 0 saturated heterocycles. The van der Waals surface area contributed by atoms with Gasteiger partial charge in [-0.1, -0.05) is 17.7 Å². The molecule has 0 radical (unpaired) electrons. The molecule has 0 unspecified atom stereocenters. The van der Waals surface area contributed by atoms with Crippen LogP contribution in [0.2, 0.25) is 0 Å². The molecular formula is C15H20N2OS. The molecule has 4 heteroatoms. The molecule has 2 N–H and O–H groups in total. The highest BCUT2D eigenvalue weighted by Crippen LogP contribution is 2.21. The Morgan fingerprint density at radius 2 is 2.11 bits per heavy atom. The monoisotopic (exact) mass is 276 g/mol. The molecular weight excluding hydrogens is 256 g/mol. The molecule has 0 atom stereocenters. The van der Waals surface area contributed by atoms with Gasteiger partial charge in [0.2, 0.25) is 0 Å². The molecule has 102 valence electrons. The van der Waals surface area contributed by atoms with Gasteiger partial charge in [0, 0.05) is 11.3 Å². The lowest BCUT2D eigenvalue weighted by Gasteiger charge is -2.11. The van der Waals surface area contributed by atoms with Crippen LogP contribution in [-0.4, -0.2) is 18.1 Å². The van der Waals surface area contributed by atoms with E-state index in [1.807, 2.05) is 18.5 Å².